The fourth-order valence-electron chi connectivity index (χ4n) is 5.40. The van der Waals surface area contributed by atoms with E-state index in [0.29, 0.717) is 27.6 Å². The first-order chi connectivity index (χ1) is 20.8. The van der Waals surface area contributed by atoms with Gasteiger partial charge in [-0.3, -0.25) is 4.79 Å². The molecule has 2 aliphatic heterocycles. The number of para-hydroxylation sites is 1. The molecule has 0 saturated carbocycles. The highest BCUT2D eigenvalue weighted by Crippen LogP contribution is 2.35. The number of thioether (sulfide) groups is 1. The van der Waals surface area contributed by atoms with E-state index in [1.165, 1.54) is 35.7 Å². The number of rotatable bonds is 7. The molecule has 0 N–H and O–H groups in total. The quantitative estimate of drug-likeness (QED) is 0.249. The van der Waals surface area contributed by atoms with Crippen LogP contribution in [0.25, 0.3) is 23.0 Å². The van der Waals surface area contributed by atoms with Gasteiger partial charge in [0.1, 0.15) is 5.69 Å². The number of carbonyl (C=O) groups is 1. The zero-order valence-corrected chi connectivity index (χ0v) is 25.8. The summed E-state index contributed by atoms with van der Waals surface area (Å²) >= 11 is 1.39. The normalized spacial score (nSPS) is 17.2. The van der Waals surface area contributed by atoms with Crippen molar-refractivity contribution < 1.29 is 13.2 Å². The fraction of sp³-hybridized carbons (Fsp3) is 0.242. The summed E-state index contributed by atoms with van der Waals surface area (Å²) in [7, 11) is -0.621. The van der Waals surface area contributed by atoms with Crippen LogP contribution in [0.4, 0.5) is 0 Å². The molecule has 4 aromatic rings. The lowest BCUT2D eigenvalue weighted by atomic mass is 9.90. The molecule has 0 radical (unpaired) electrons. The van der Waals surface area contributed by atoms with Gasteiger partial charge in [0.05, 0.1) is 15.5 Å². The minimum atomic E-state index is -3.64. The fourth-order valence-corrected chi connectivity index (χ4v) is 7.30. The van der Waals surface area contributed by atoms with Gasteiger partial charge >= 0.3 is 0 Å². The molecule has 0 aliphatic carbocycles. The third-order valence-electron chi connectivity index (χ3n) is 7.80. The van der Waals surface area contributed by atoms with Gasteiger partial charge in [-0.05, 0) is 72.8 Å². The number of sulfonamides is 1. The summed E-state index contributed by atoms with van der Waals surface area (Å²) in [5.74, 6) is 0.351. The predicted molar refractivity (Wildman–Crippen MR) is 172 cm³/mol. The molecule has 43 heavy (non-hydrogen) atoms. The molecular weight excluding hydrogens is 579 g/mol. The van der Waals surface area contributed by atoms with Crippen molar-refractivity contribution in [1.82, 2.24) is 19.0 Å². The standard InChI is InChI=1S/C33H33N5O3S2/c1-36(2)43(40,41)29-15-9-12-26(21-29)31-27(23-38(35-31)28-13-7-4-8-14-28)22-30-32(39)34-33(42-30)37-18-16-25(17-19-37)20-24-10-5-3-6-11-24/h3-15,21-23,25H,16-20H2,1-2H3. The van der Waals surface area contributed by atoms with E-state index in [4.69, 9.17) is 5.10 Å². The van der Waals surface area contributed by atoms with E-state index in [9.17, 15) is 13.2 Å². The van der Waals surface area contributed by atoms with Crippen molar-refractivity contribution in [3.8, 4) is 16.9 Å². The summed E-state index contributed by atoms with van der Waals surface area (Å²) in [5, 5.41) is 5.57. The second-order valence-corrected chi connectivity index (χ2v) is 14.1. The van der Waals surface area contributed by atoms with Crippen molar-refractivity contribution in [2.75, 3.05) is 27.2 Å². The SMILES string of the molecule is CN(C)S(=O)(=O)c1cccc(-c2nn(-c3ccccc3)cc2C=C2SC(N3CCC(Cc4ccccc4)CC3)=NC2=O)c1. The van der Waals surface area contributed by atoms with Gasteiger partial charge in [-0.25, -0.2) is 17.4 Å². The summed E-state index contributed by atoms with van der Waals surface area (Å²) in [4.78, 5) is 20.4. The molecule has 3 heterocycles. The molecule has 8 nitrogen and oxygen atoms in total. The number of amidine groups is 1. The first-order valence-electron chi connectivity index (χ1n) is 14.3. The number of likely N-dealkylation sites (tertiary alicyclic amines) is 1. The summed E-state index contributed by atoms with van der Waals surface area (Å²) in [5.41, 5.74) is 4.14. The number of hydrogen-bond donors (Lipinski definition) is 0. The zero-order valence-electron chi connectivity index (χ0n) is 24.1. The summed E-state index contributed by atoms with van der Waals surface area (Å²) in [6, 6.07) is 27.0. The summed E-state index contributed by atoms with van der Waals surface area (Å²) in [6.07, 6.45) is 6.87. The van der Waals surface area contributed by atoms with Gasteiger partial charge < -0.3 is 4.90 Å². The Morgan fingerprint density at radius 3 is 2.35 bits per heavy atom. The van der Waals surface area contributed by atoms with Gasteiger partial charge in [0, 0.05) is 44.5 Å². The zero-order chi connectivity index (χ0) is 30.0. The molecular formula is C33H33N5O3S2. The Labute approximate surface area is 256 Å². The number of amides is 1. The second-order valence-electron chi connectivity index (χ2n) is 11.0. The third kappa shape index (κ3) is 6.36. The van der Waals surface area contributed by atoms with Crippen molar-refractivity contribution in [3.05, 3.63) is 107 Å². The van der Waals surface area contributed by atoms with Crippen molar-refractivity contribution in [2.45, 2.75) is 24.2 Å². The molecule has 0 bridgehead atoms. The molecule has 2 aliphatic rings. The van der Waals surface area contributed by atoms with Crippen molar-refractivity contribution >= 4 is 38.9 Å². The van der Waals surface area contributed by atoms with Crippen molar-refractivity contribution in [3.63, 3.8) is 0 Å². The Morgan fingerprint density at radius 2 is 1.65 bits per heavy atom. The van der Waals surface area contributed by atoms with Crippen LogP contribution in [0.2, 0.25) is 0 Å². The van der Waals surface area contributed by atoms with E-state index in [-0.39, 0.29) is 10.8 Å². The van der Waals surface area contributed by atoms with Gasteiger partial charge in [0.15, 0.2) is 5.17 Å². The van der Waals surface area contributed by atoms with Crippen LogP contribution in [-0.4, -0.2) is 65.7 Å². The van der Waals surface area contributed by atoms with E-state index < -0.39 is 10.0 Å². The van der Waals surface area contributed by atoms with Crippen molar-refractivity contribution in [1.29, 1.82) is 0 Å². The Hall–Kier alpha value is -3.99. The lowest BCUT2D eigenvalue weighted by Crippen LogP contribution is -2.37. The van der Waals surface area contributed by atoms with E-state index in [1.807, 2.05) is 54.7 Å². The molecule has 1 amide bonds. The molecule has 1 saturated heterocycles. The maximum absolute atomic E-state index is 13.1. The van der Waals surface area contributed by atoms with Crippen molar-refractivity contribution in [2.24, 2.45) is 10.9 Å². The molecule has 220 valence electrons. The lowest BCUT2D eigenvalue weighted by molar-refractivity contribution is -0.113. The average molecular weight is 612 g/mol. The number of hydrogen-bond acceptors (Lipinski definition) is 6. The largest absolute Gasteiger partial charge is 0.351 e. The monoisotopic (exact) mass is 611 g/mol. The highest BCUT2D eigenvalue weighted by atomic mass is 32.2. The van der Waals surface area contributed by atoms with E-state index in [0.717, 1.165) is 43.2 Å². The maximum atomic E-state index is 13.1. The maximum Gasteiger partial charge on any atom is 0.286 e. The van der Waals surface area contributed by atoms with Crippen LogP contribution in [0.15, 0.2) is 106 Å². The predicted octanol–water partition coefficient (Wildman–Crippen LogP) is 5.71. The van der Waals surface area contributed by atoms with Crippen LogP contribution in [0, 0.1) is 5.92 Å². The minimum Gasteiger partial charge on any atom is -0.351 e. The smallest absolute Gasteiger partial charge is 0.286 e. The molecule has 1 fully saturated rings. The highest BCUT2D eigenvalue weighted by molar-refractivity contribution is 8.18. The van der Waals surface area contributed by atoms with Crippen LogP contribution < -0.4 is 0 Å². The molecule has 3 aromatic carbocycles. The van der Waals surface area contributed by atoms with E-state index in [2.05, 4.69) is 34.2 Å². The second kappa shape index (κ2) is 12.3. The first kappa shape index (κ1) is 29.1. The number of aliphatic imine (C=N–C) groups is 1. The molecule has 0 atom stereocenters. The first-order valence-corrected chi connectivity index (χ1v) is 16.5. The van der Waals surface area contributed by atoms with Gasteiger partial charge in [0.25, 0.3) is 5.91 Å². The van der Waals surface area contributed by atoms with Gasteiger partial charge in [0.2, 0.25) is 10.0 Å². The molecule has 10 heteroatoms. The third-order valence-corrected chi connectivity index (χ3v) is 10.7. The van der Waals surface area contributed by atoms with Crippen LogP contribution in [0.3, 0.4) is 0 Å². The van der Waals surface area contributed by atoms with Gasteiger partial charge in [-0.2, -0.15) is 10.1 Å². The number of benzene rings is 3. The Morgan fingerprint density at radius 1 is 0.953 bits per heavy atom. The molecule has 0 spiro atoms. The Balaban J connectivity index is 1.25. The summed E-state index contributed by atoms with van der Waals surface area (Å²) < 4.78 is 28.7. The Bertz CT molecular complexity index is 1790. The number of aromatic nitrogens is 2. The minimum absolute atomic E-state index is 0.176. The molecule has 0 unspecified atom stereocenters. The average Bonchev–Trinajstić information content (AvgIpc) is 3.62. The van der Waals surface area contributed by atoms with Crippen LogP contribution in [-0.2, 0) is 21.2 Å². The number of piperidine rings is 1. The highest BCUT2D eigenvalue weighted by Gasteiger charge is 2.30. The van der Waals surface area contributed by atoms with Gasteiger partial charge in [-0.15, -0.1) is 0 Å². The van der Waals surface area contributed by atoms with Gasteiger partial charge in [-0.1, -0.05) is 60.7 Å². The van der Waals surface area contributed by atoms with Crippen LogP contribution in [0.5, 0.6) is 0 Å². The summed E-state index contributed by atoms with van der Waals surface area (Å²) in [6.45, 7) is 1.74. The van der Waals surface area contributed by atoms with Crippen LogP contribution >= 0.6 is 11.8 Å². The topological polar surface area (TPSA) is 87.9 Å². The lowest BCUT2D eigenvalue weighted by Gasteiger charge is -2.32. The Kier molecular flexibility index (Phi) is 8.34. The molecule has 6 rings (SSSR count). The number of carbonyl (C=O) groups excluding carboxylic acids is 1. The number of nitrogens with zero attached hydrogens (tertiary/aromatic N) is 5. The molecule has 1 aromatic heterocycles. The van der Waals surface area contributed by atoms with Crippen LogP contribution in [0.1, 0.15) is 24.0 Å². The van der Waals surface area contributed by atoms with E-state index >= 15 is 0 Å². The van der Waals surface area contributed by atoms with E-state index in [1.54, 1.807) is 22.9 Å².